The average molecular weight is 503 g/mol. The van der Waals surface area contributed by atoms with Crippen LogP contribution < -0.4 is 0 Å². The van der Waals surface area contributed by atoms with Crippen LogP contribution in [0.3, 0.4) is 0 Å². The fourth-order valence-electron chi connectivity index (χ4n) is 5.69. The number of aromatic nitrogens is 2. The lowest BCUT2D eigenvalue weighted by atomic mass is 10.0. The Labute approximate surface area is 224 Å². The van der Waals surface area contributed by atoms with Gasteiger partial charge < -0.3 is 4.57 Å². The fraction of sp³-hybridized carbons (Fsp3) is 0. The monoisotopic (exact) mass is 502 g/mol. The van der Waals surface area contributed by atoms with Crippen LogP contribution in [0.25, 0.3) is 70.0 Å². The third kappa shape index (κ3) is 3.22. The van der Waals surface area contributed by atoms with Gasteiger partial charge >= 0.3 is 0 Å². The summed E-state index contributed by atoms with van der Waals surface area (Å²) in [4.78, 5) is 4.61. The van der Waals surface area contributed by atoms with Crippen molar-refractivity contribution in [3.8, 4) is 28.1 Å². The third-order valence-electron chi connectivity index (χ3n) is 7.46. The number of hydrogen-bond donors (Lipinski definition) is 0. The van der Waals surface area contributed by atoms with Gasteiger partial charge in [-0.15, -0.1) is 11.3 Å². The second-order valence-electron chi connectivity index (χ2n) is 9.63. The Morgan fingerprint density at radius 3 is 2.21 bits per heavy atom. The van der Waals surface area contributed by atoms with E-state index in [1.807, 2.05) is 29.7 Å². The summed E-state index contributed by atoms with van der Waals surface area (Å²) in [6, 6.07) is 45.8. The molecule has 0 amide bonds. The molecule has 0 N–H and O–H groups in total. The van der Waals surface area contributed by atoms with Gasteiger partial charge in [0.25, 0.3) is 0 Å². The molecule has 0 unspecified atom stereocenters. The Hall–Kier alpha value is -4.73. The molecule has 0 aliphatic heterocycles. The number of rotatable bonds is 3. The molecule has 3 heteroatoms. The van der Waals surface area contributed by atoms with E-state index < -0.39 is 0 Å². The van der Waals surface area contributed by atoms with Crippen molar-refractivity contribution < 1.29 is 0 Å². The second-order valence-corrected chi connectivity index (χ2v) is 10.7. The van der Waals surface area contributed by atoms with Gasteiger partial charge in [0.1, 0.15) is 0 Å². The first kappa shape index (κ1) is 21.4. The van der Waals surface area contributed by atoms with Crippen molar-refractivity contribution in [1.82, 2.24) is 9.55 Å². The molecule has 178 valence electrons. The Bertz CT molecular complexity index is 2120. The van der Waals surface area contributed by atoms with Crippen molar-refractivity contribution in [2.75, 3.05) is 0 Å². The van der Waals surface area contributed by atoms with E-state index in [9.17, 15) is 0 Å². The van der Waals surface area contributed by atoms with Crippen molar-refractivity contribution in [2.24, 2.45) is 0 Å². The van der Waals surface area contributed by atoms with E-state index in [0.29, 0.717) is 0 Å². The minimum absolute atomic E-state index is 0.989. The van der Waals surface area contributed by atoms with E-state index in [4.69, 9.17) is 0 Å². The van der Waals surface area contributed by atoms with Gasteiger partial charge in [-0.3, -0.25) is 4.98 Å². The maximum Gasteiger partial charge on any atom is 0.0702 e. The van der Waals surface area contributed by atoms with Crippen LogP contribution in [0.4, 0.5) is 0 Å². The highest BCUT2D eigenvalue weighted by Crippen LogP contribution is 2.42. The maximum absolute atomic E-state index is 4.61. The Morgan fingerprint density at radius 2 is 1.32 bits per heavy atom. The zero-order valence-electron chi connectivity index (χ0n) is 20.5. The van der Waals surface area contributed by atoms with Crippen LogP contribution in [0.15, 0.2) is 134 Å². The summed E-state index contributed by atoms with van der Waals surface area (Å²) in [5.41, 5.74) is 8.20. The maximum atomic E-state index is 4.61. The summed E-state index contributed by atoms with van der Waals surface area (Å²) in [7, 11) is 0. The Kier molecular flexibility index (Phi) is 4.73. The largest absolute Gasteiger partial charge is 0.308 e. The molecule has 8 aromatic rings. The molecule has 2 nitrogen and oxygen atoms in total. The highest BCUT2D eigenvalue weighted by Gasteiger charge is 2.18. The summed E-state index contributed by atoms with van der Waals surface area (Å²) < 4.78 is 5.08. The van der Waals surface area contributed by atoms with E-state index in [2.05, 4.69) is 125 Å². The number of hydrogen-bond acceptors (Lipinski definition) is 2. The lowest BCUT2D eigenvalue weighted by molar-refractivity contribution is 1.20. The summed E-state index contributed by atoms with van der Waals surface area (Å²) in [5, 5.41) is 5.11. The molecule has 0 saturated heterocycles. The first-order valence-electron chi connectivity index (χ1n) is 12.8. The minimum Gasteiger partial charge on any atom is -0.308 e. The summed E-state index contributed by atoms with van der Waals surface area (Å²) in [6.07, 6.45) is 1.86. The predicted octanol–water partition coefficient (Wildman–Crippen LogP) is 9.88. The molecule has 8 rings (SSSR count). The van der Waals surface area contributed by atoms with Crippen molar-refractivity contribution in [3.63, 3.8) is 0 Å². The zero-order valence-corrected chi connectivity index (χ0v) is 21.3. The minimum atomic E-state index is 0.989. The smallest absolute Gasteiger partial charge is 0.0702 e. The van der Waals surface area contributed by atoms with Gasteiger partial charge in [-0.25, -0.2) is 0 Å². The molecule has 0 aliphatic carbocycles. The molecular formula is C35H22N2S. The van der Waals surface area contributed by atoms with Gasteiger partial charge in [0.15, 0.2) is 0 Å². The van der Waals surface area contributed by atoms with Gasteiger partial charge in [-0.1, -0.05) is 84.9 Å². The topological polar surface area (TPSA) is 17.8 Å². The molecule has 38 heavy (non-hydrogen) atoms. The SMILES string of the molecule is c1ccc(-c2ccc3c4cc(-c5ccccn5)ccc4n(-c4cccc5c4sc4ccccc45)c3c2)cc1. The van der Waals surface area contributed by atoms with Crippen LogP contribution in [-0.2, 0) is 0 Å². The van der Waals surface area contributed by atoms with Crippen LogP contribution in [0.2, 0.25) is 0 Å². The molecule has 0 atom stereocenters. The van der Waals surface area contributed by atoms with E-state index >= 15 is 0 Å². The lowest BCUT2D eigenvalue weighted by Crippen LogP contribution is -1.94. The van der Waals surface area contributed by atoms with Crippen LogP contribution in [-0.4, -0.2) is 9.55 Å². The molecular weight excluding hydrogens is 480 g/mol. The first-order valence-corrected chi connectivity index (χ1v) is 13.6. The number of nitrogens with zero attached hydrogens (tertiary/aromatic N) is 2. The summed E-state index contributed by atoms with van der Waals surface area (Å²) in [6.45, 7) is 0. The highest BCUT2D eigenvalue weighted by molar-refractivity contribution is 7.26. The van der Waals surface area contributed by atoms with Gasteiger partial charge in [0.05, 0.1) is 27.1 Å². The van der Waals surface area contributed by atoms with E-state index in [1.54, 1.807) is 0 Å². The fourth-order valence-corrected chi connectivity index (χ4v) is 6.90. The quantitative estimate of drug-likeness (QED) is 0.235. The molecule has 0 aliphatic rings. The molecule has 3 heterocycles. The molecule has 0 bridgehead atoms. The number of benzene rings is 5. The van der Waals surface area contributed by atoms with Crippen LogP contribution >= 0.6 is 11.3 Å². The van der Waals surface area contributed by atoms with Crippen molar-refractivity contribution in [3.05, 3.63) is 134 Å². The van der Waals surface area contributed by atoms with Crippen molar-refractivity contribution in [1.29, 1.82) is 0 Å². The summed E-state index contributed by atoms with van der Waals surface area (Å²) in [5.74, 6) is 0. The van der Waals surface area contributed by atoms with Gasteiger partial charge in [0, 0.05) is 38.0 Å². The normalized spacial score (nSPS) is 11.7. The number of fused-ring (bicyclic) bond motifs is 6. The van der Waals surface area contributed by atoms with E-state index in [1.165, 1.54) is 58.8 Å². The second kappa shape index (κ2) is 8.41. The molecule has 0 spiro atoms. The molecule has 3 aromatic heterocycles. The molecule has 5 aromatic carbocycles. The van der Waals surface area contributed by atoms with Crippen molar-refractivity contribution >= 4 is 53.3 Å². The average Bonchev–Trinajstić information content (AvgIpc) is 3.53. The molecule has 0 fully saturated rings. The van der Waals surface area contributed by atoms with Crippen LogP contribution in [0.1, 0.15) is 0 Å². The highest BCUT2D eigenvalue weighted by atomic mass is 32.1. The first-order chi connectivity index (χ1) is 18.8. The third-order valence-corrected chi connectivity index (χ3v) is 8.67. The van der Waals surface area contributed by atoms with Gasteiger partial charge in [-0.2, -0.15) is 0 Å². The zero-order chi connectivity index (χ0) is 25.1. The summed E-state index contributed by atoms with van der Waals surface area (Å²) >= 11 is 1.87. The predicted molar refractivity (Wildman–Crippen MR) is 162 cm³/mol. The Balaban J connectivity index is 1.48. The van der Waals surface area contributed by atoms with Crippen molar-refractivity contribution in [2.45, 2.75) is 0 Å². The van der Waals surface area contributed by atoms with Crippen LogP contribution in [0, 0.1) is 0 Å². The standard InChI is InChI=1S/C35H22N2S/c1-2-9-23(10-3-1)24-16-18-26-29-21-25(30-13-6-7-20-36-30)17-19-31(29)37(33(26)22-24)32-14-8-12-28-27-11-4-5-15-34(27)38-35(28)32/h1-22H. The van der Waals surface area contributed by atoms with Gasteiger partial charge in [-0.05, 0) is 53.6 Å². The molecule has 0 saturated carbocycles. The van der Waals surface area contributed by atoms with E-state index in [-0.39, 0.29) is 0 Å². The lowest BCUT2D eigenvalue weighted by Gasteiger charge is -2.11. The number of pyridine rings is 1. The molecule has 0 radical (unpaired) electrons. The Morgan fingerprint density at radius 1 is 0.500 bits per heavy atom. The number of thiophene rings is 1. The van der Waals surface area contributed by atoms with Crippen LogP contribution in [0.5, 0.6) is 0 Å². The van der Waals surface area contributed by atoms with E-state index in [0.717, 1.165) is 11.3 Å². The van der Waals surface area contributed by atoms with Gasteiger partial charge in [0.2, 0.25) is 0 Å².